The van der Waals surface area contributed by atoms with Crippen LogP contribution in [0.1, 0.15) is 21.5 Å². The van der Waals surface area contributed by atoms with Crippen molar-refractivity contribution in [2.45, 2.75) is 6.61 Å². The summed E-state index contributed by atoms with van der Waals surface area (Å²) in [5, 5.41) is 9.19. The van der Waals surface area contributed by atoms with Crippen molar-refractivity contribution in [3.63, 3.8) is 0 Å². The van der Waals surface area contributed by atoms with Crippen molar-refractivity contribution in [3.8, 4) is 11.8 Å². The Morgan fingerprint density at radius 3 is 2.79 bits per heavy atom. The third-order valence-electron chi connectivity index (χ3n) is 2.54. The minimum Gasteiger partial charge on any atom is -0.487 e. The van der Waals surface area contributed by atoms with Crippen LogP contribution in [0.4, 0.5) is 0 Å². The first kappa shape index (κ1) is 13.1. The van der Waals surface area contributed by atoms with Crippen molar-refractivity contribution in [1.29, 1.82) is 5.26 Å². The number of aldehydes is 1. The molecular formula is C15H10ClNO2. The molecule has 4 heteroatoms. The summed E-state index contributed by atoms with van der Waals surface area (Å²) in [6.45, 7) is 0.315. The Hall–Kier alpha value is -2.31. The lowest BCUT2D eigenvalue weighted by atomic mass is 10.1. The Kier molecular flexibility index (Phi) is 4.17. The van der Waals surface area contributed by atoms with E-state index in [1.54, 1.807) is 36.4 Å². The highest BCUT2D eigenvalue weighted by Gasteiger charge is 2.03. The van der Waals surface area contributed by atoms with Gasteiger partial charge in [-0.3, -0.25) is 4.79 Å². The SMILES string of the molecule is N#Cc1cccc(COc2ccc(C=O)cc2Cl)c1. The number of carbonyl (C=O) groups is 1. The third-order valence-corrected chi connectivity index (χ3v) is 2.84. The molecule has 3 nitrogen and oxygen atoms in total. The number of ether oxygens (including phenoxy) is 1. The highest BCUT2D eigenvalue weighted by molar-refractivity contribution is 6.32. The summed E-state index contributed by atoms with van der Waals surface area (Å²) in [7, 11) is 0. The van der Waals surface area contributed by atoms with Gasteiger partial charge in [-0.15, -0.1) is 0 Å². The molecule has 0 spiro atoms. The zero-order valence-corrected chi connectivity index (χ0v) is 10.7. The first-order valence-electron chi connectivity index (χ1n) is 5.59. The standard InChI is InChI=1S/C15H10ClNO2/c16-14-7-12(9-18)4-5-15(14)19-10-13-3-1-2-11(6-13)8-17/h1-7,9H,10H2. The van der Waals surface area contributed by atoms with Gasteiger partial charge in [0.15, 0.2) is 0 Å². The number of hydrogen-bond donors (Lipinski definition) is 0. The topological polar surface area (TPSA) is 50.1 Å². The molecule has 0 aliphatic heterocycles. The summed E-state index contributed by atoms with van der Waals surface area (Å²) in [6.07, 6.45) is 0.728. The van der Waals surface area contributed by atoms with E-state index in [-0.39, 0.29) is 0 Å². The van der Waals surface area contributed by atoms with Crippen LogP contribution < -0.4 is 4.74 Å². The van der Waals surface area contributed by atoms with E-state index in [0.717, 1.165) is 11.8 Å². The largest absolute Gasteiger partial charge is 0.487 e. The first-order valence-corrected chi connectivity index (χ1v) is 5.97. The van der Waals surface area contributed by atoms with Crippen LogP contribution in [0, 0.1) is 11.3 Å². The van der Waals surface area contributed by atoms with E-state index in [9.17, 15) is 4.79 Å². The van der Waals surface area contributed by atoms with E-state index in [4.69, 9.17) is 21.6 Å². The molecule has 0 amide bonds. The average molecular weight is 272 g/mol. The molecule has 19 heavy (non-hydrogen) atoms. The van der Waals surface area contributed by atoms with Crippen LogP contribution in [-0.4, -0.2) is 6.29 Å². The molecule has 2 rings (SSSR count). The Morgan fingerprint density at radius 1 is 1.26 bits per heavy atom. The van der Waals surface area contributed by atoms with Crippen LogP contribution in [0.2, 0.25) is 5.02 Å². The fraction of sp³-hybridized carbons (Fsp3) is 0.0667. The number of carbonyl (C=O) groups excluding carboxylic acids is 1. The Morgan fingerprint density at radius 2 is 2.11 bits per heavy atom. The normalized spacial score (nSPS) is 9.68. The second-order valence-electron chi connectivity index (χ2n) is 3.91. The van der Waals surface area contributed by atoms with E-state index in [0.29, 0.717) is 28.5 Å². The zero-order valence-electron chi connectivity index (χ0n) is 9.97. The predicted molar refractivity (Wildman–Crippen MR) is 72.3 cm³/mol. The molecule has 0 heterocycles. The van der Waals surface area contributed by atoms with Gasteiger partial charge in [-0.05, 0) is 35.9 Å². The molecule has 0 aliphatic carbocycles. The van der Waals surface area contributed by atoms with E-state index in [1.165, 1.54) is 0 Å². The molecule has 2 aromatic rings. The monoisotopic (exact) mass is 271 g/mol. The van der Waals surface area contributed by atoms with Gasteiger partial charge in [0.05, 0.1) is 16.7 Å². The minimum absolute atomic E-state index is 0.315. The fourth-order valence-corrected chi connectivity index (χ4v) is 1.84. The number of benzene rings is 2. The van der Waals surface area contributed by atoms with Gasteiger partial charge in [0, 0.05) is 5.56 Å². The second-order valence-corrected chi connectivity index (χ2v) is 4.32. The molecule has 0 aliphatic rings. The zero-order chi connectivity index (χ0) is 13.7. The quantitative estimate of drug-likeness (QED) is 0.798. The summed E-state index contributed by atoms with van der Waals surface area (Å²) < 4.78 is 5.56. The molecule has 94 valence electrons. The van der Waals surface area contributed by atoms with Crippen molar-refractivity contribution in [1.82, 2.24) is 0 Å². The maximum atomic E-state index is 10.6. The summed E-state index contributed by atoms with van der Waals surface area (Å²) in [5.74, 6) is 0.509. The second kappa shape index (κ2) is 6.03. The van der Waals surface area contributed by atoms with Crippen molar-refractivity contribution in [2.24, 2.45) is 0 Å². The van der Waals surface area contributed by atoms with Gasteiger partial charge in [-0.1, -0.05) is 23.7 Å². The van der Waals surface area contributed by atoms with Crippen molar-refractivity contribution in [3.05, 3.63) is 64.2 Å². The smallest absolute Gasteiger partial charge is 0.150 e. The summed E-state index contributed by atoms with van der Waals surface area (Å²) in [6, 6.07) is 14.1. The molecule has 0 unspecified atom stereocenters. The number of hydrogen-bond acceptors (Lipinski definition) is 3. The summed E-state index contributed by atoms with van der Waals surface area (Å²) in [4.78, 5) is 10.6. The molecule has 0 radical (unpaired) electrons. The van der Waals surface area contributed by atoms with Gasteiger partial charge in [0.2, 0.25) is 0 Å². The van der Waals surface area contributed by atoms with Gasteiger partial charge in [0.1, 0.15) is 18.6 Å². The molecule has 2 aromatic carbocycles. The average Bonchev–Trinajstić information content (AvgIpc) is 2.46. The maximum absolute atomic E-state index is 10.6. The Balaban J connectivity index is 2.10. The lowest BCUT2D eigenvalue weighted by Gasteiger charge is -2.08. The van der Waals surface area contributed by atoms with Crippen molar-refractivity contribution < 1.29 is 9.53 Å². The molecule has 0 bridgehead atoms. The first-order chi connectivity index (χ1) is 9.22. The number of rotatable bonds is 4. The lowest BCUT2D eigenvalue weighted by Crippen LogP contribution is -1.96. The third kappa shape index (κ3) is 3.34. The van der Waals surface area contributed by atoms with E-state index in [2.05, 4.69) is 6.07 Å². The molecule has 0 aromatic heterocycles. The van der Waals surface area contributed by atoms with Crippen molar-refractivity contribution in [2.75, 3.05) is 0 Å². The molecule has 0 N–H and O–H groups in total. The summed E-state index contributed by atoms with van der Waals surface area (Å²) >= 11 is 6.00. The van der Waals surface area contributed by atoms with Gasteiger partial charge in [-0.2, -0.15) is 5.26 Å². The number of halogens is 1. The van der Waals surface area contributed by atoms with Crippen LogP contribution in [-0.2, 0) is 6.61 Å². The van der Waals surface area contributed by atoms with Gasteiger partial charge in [0.25, 0.3) is 0 Å². The number of nitriles is 1. The van der Waals surface area contributed by atoms with Crippen LogP contribution in [0.15, 0.2) is 42.5 Å². The minimum atomic E-state index is 0.315. The number of nitrogens with zero attached hydrogens (tertiary/aromatic N) is 1. The Bertz CT molecular complexity index is 647. The summed E-state index contributed by atoms with van der Waals surface area (Å²) in [5.41, 5.74) is 1.97. The van der Waals surface area contributed by atoms with Crippen LogP contribution in [0.25, 0.3) is 0 Å². The predicted octanol–water partition coefficient (Wildman–Crippen LogP) is 3.60. The molecule has 0 atom stereocenters. The fourth-order valence-electron chi connectivity index (χ4n) is 1.60. The maximum Gasteiger partial charge on any atom is 0.150 e. The van der Waals surface area contributed by atoms with Crippen LogP contribution in [0.5, 0.6) is 5.75 Å². The van der Waals surface area contributed by atoms with E-state index >= 15 is 0 Å². The highest BCUT2D eigenvalue weighted by Crippen LogP contribution is 2.25. The van der Waals surface area contributed by atoms with Gasteiger partial charge >= 0.3 is 0 Å². The molecule has 0 fully saturated rings. The molecule has 0 saturated heterocycles. The lowest BCUT2D eigenvalue weighted by molar-refractivity contribution is 0.112. The van der Waals surface area contributed by atoms with Crippen LogP contribution >= 0.6 is 11.6 Å². The highest BCUT2D eigenvalue weighted by atomic mass is 35.5. The van der Waals surface area contributed by atoms with E-state index in [1.807, 2.05) is 6.07 Å². The van der Waals surface area contributed by atoms with E-state index < -0.39 is 0 Å². The van der Waals surface area contributed by atoms with Crippen LogP contribution in [0.3, 0.4) is 0 Å². The molecular weight excluding hydrogens is 262 g/mol. The Labute approximate surface area is 116 Å². The van der Waals surface area contributed by atoms with Gasteiger partial charge < -0.3 is 4.74 Å². The van der Waals surface area contributed by atoms with Crippen molar-refractivity contribution >= 4 is 17.9 Å². The van der Waals surface area contributed by atoms with Gasteiger partial charge in [-0.25, -0.2) is 0 Å². The molecule has 0 saturated carbocycles.